The van der Waals surface area contributed by atoms with E-state index in [2.05, 4.69) is 10.9 Å². The van der Waals surface area contributed by atoms with Crippen molar-refractivity contribution in [2.75, 3.05) is 6.61 Å². The van der Waals surface area contributed by atoms with E-state index in [1.807, 2.05) is 0 Å². The molecule has 0 unspecified atom stereocenters. The first-order valence-corrected chi connectivity index (χ1v) is 7.31. The highest BCUT2D eigenvalue weighted by atomic mass is 35.5. The van der Waals surface area contributed by atoms with Gasteiger partial charge < -0.3 is 4.74 Å². The smallest absolute Gasteiger partial charge is 0.276 e. The number of hydrogen-bond acceptors (Lipinski definition) is 3. The highest BCUT2D eigenvalue weighted by molar-refractivity contribution is 6.30. The van der Waals surface area contributed by atoms with Crippen LogP contribution in [0.4, 0.5) is 4.39 Å². The van der Waals surface area contributed by atoms with E-state index >= 15 is 0 Å². The van der Waals surface area contributed by atoms with Gasteiger partial charge in [0.15, 0.2) is 6.61 Å². The van der Waals surface area contributed by atoms with Crippen molar-refractivity contribution < 1.29 is 18.7 Å². The van der Waals surface area contributed by atoms with Crippen molar-refractivity contribution in [1.82, 2.24) is 10.9 Å². The molecule has 0 aliphatic heterocycles. The van der Waals surface area contributed by atoms with E-state index in [9.17, 15) is 14.0 Å². The zero-order valence-electron chi connectivity index (χ0n) is 12.5. The summed E-state index contributed by atoms with van der Waals surface area (Å²) < 4.78 is 17.8. The number of halogens is 2. The molecule has 0 heterocycles. The van der Waals surface area contributed by atoms with Crippen molar-refractivity contribution in [2.45, 2.75) is 0 Å². The van der Waals surface area contributed by atoms with Crippen molar-refractivity contribution in [3.63, 3.8) is 0 Å². The minimum absolute atomic E-state index is 0.313. The van der Waals surface area contributed by atoms with Crippen LogP contribution in [0.5, 0.6) is 5.75 Å². The third kappa shape index (κ3) is 6.10. The van der Waals surface area contributed by atoms with Gasteiger partial charge in [0.05, 0.1) is 0 Å². The van der Waals surface area contributed by atoms with Crippen LogP contribution in [0.2, 0.25) is 5.02 Å². The minimum Gasteiger partial charge on any atom is -0.484 e. The first-order valence-electron chi connectivity index (χ1n) is 6.94. The molecule has 24 heavy (non-hydrogen) atoms. The number of rotatable bonds is 5. The Kier molecular flexibility index (Phi) is 6.33. The third-order valence-electron chi connectivity index (χ3n) is 2.81. The lowest BCUT2D eigenvalue weighted by Crippen LogP contribution is -2.43. The summed E-state index contributed by atoms with van der Waals surface area (Å²) in [7, 11) is 0. The Morgan fingerprint density at radius 2 is 1.71 bits per heavy atom. The Morgan fingerprint density at radius 3 is 2.38 bits per heavy atom. The zero-order chi connectivity index (χ0) is 17.4. The highest BCUT2D eigenvalue weighted by Crippen LogP contribution is 2.11. The molecule has 124 valence electrons. The van der Waals surface area contributed by atoms with Crippen LogP contribution < -0.4 is 15.6 Å². The van der Waals surface area contributed by atoms with Crippen molar-refractivity contribution in [3.8, 4) is 5.75 Å². The normalized spacial score (nSPS) is 10.4. The SMILES string of the molecule is O=C(/C=C/c1ccc(Cl)cc1)NNC(=O)COc1ccc(F)cc1. The van der Waals surface area contributed by atoms with Gasteiger partial charge in [0.1, 0.15) is 11.6 Å². The molecule has 2 amide bonds. The van der Waals surface area contributed by atoms with Gasteiger partial charge in [0.25, 0.3) is 11.8 Å². The number of hydrogen-bond donors (Lipinski definition) is 2. The van der Waals surface area contributed by atoms with E-state index in [0.717, 1.165) is 5.56 Å². The van der Waals surface area contributed by atoms with E-state index < -0.39 is 17.6 Å². The Balaban J connectivity index is 1.71. The molecule has 0 saturated heterocycles. The Morgan fingerprint density at radius 1 is 1.04 bits per heavy atom. The van der Waals surface area contributed by atoms with Gasteiger partial charge in [-0.05, 0) is 48.0 Å². The van der Waals surface area contributed by atoms with Gasteiger partial charge in [-0.3, -0.25) is 20.4 Å². The number of nitrogens with one attached hydrogen (secondary N) is 2. The van der Waals surface area contributed by atoms with Gasteiger partial charge in [0.2, 0.25) is 0 Å². The van der Waals surface area contributed by atoms with Gasteiger partial charge in [-0.1, -0.05) is 23.7 Å². The van der Waals surface area contributed by atoms with E-state index in [0.29, 0.717) is 10.8 Å². The van der Waals surface area contributed by atoms with Gasteiger partial charge in [-0.25, -0.2) is 4.39 Å². The number of benzene rings is 2. The maximum atomic E-state index is 12.7. The van der Waals surface area contributed by atoms with Crippen LogP contribution in [-0.4, -0.2) is 18.4 Å². The van der Waals surface area contributed by atoms with Crippen LogP contribution in [0.15, 0.2) is 54.6 Å². The maximum absolute atomic E-state index is 12.7. The summed E-state index contributed by atoms with van der Waals surface area (Å²) >= 11 is 5.76. The number of carbonyl (C=O) groups excluding carboxylic acids is 2. The van der Waals surface area contributed by atoms with Crippen molar-refractivity contribution in [3.05, 3.63) is 71.0 Å². The summed E-state index contributed by atoms with van der Waals surface area (Å²) in [4.78, 5) is 23.1. The molecule has 2 aromatic carbocycles. The molecule has 0 aliphatic carbocycles. The Bertz CT molecular complexity index is 731. The molecule has 5 nitrogen and oxygen atoms in total. The molecular weight excluding hydrogens is 335 g/mol. The molecule has 2 aromatic rings. The molecule has 0 saturated carbocycles. The van der Waals surface area contributed by atoms with E-state index in [1.54, 1.807) is 30.3 Å². The van der Waals surface area contributed by atoms with Gasteiger partial charge in [-0.15, -0.1) is 0 Å². The van der Waals surface area contributed by atoms with Crippen LogP contribution >= 0.6 is 11.6 Å². The second-order valence-corrected chi connectivity index (χ2v) is 5.10. The van der Waals surface area contributed by atoms with Crippen molar-refractivity contribution in [2.24, 2.45) is 0 Å². The number of amides is 2. The average Bonchev–Trinajstić information content (AvgIpc) is 2.59. The summed E-state index contributed by atoms with van der Waals surface area (Å²) in [6.45, 7) is -0.313. The molecule has 0 radical (unpaired) electrons. The predicted molar refractivity (Wildman–Crippen MR) is 88.7 cm³/mol. The van der Waals surface area contributed by atoms with Crippen molar-refractivity contribution >= 4 is 29.5 Å². The fourth-order valence-electron chi connectivity index (χ4n) is 1.63. The molecule has 0 bridgehead atoms. The number of ether oxygens (including phenoxy) is 1. The zero-order valence-corrected chi connectivity index (χ0v) is 13.2. The topological polar surface area (TPSA) is 67.4 Å². The largest absolute Gasteiger partial charge is 0.484 e. The maximum Gasteiger partial charge on any atom is 0.276 e. The molecular formula is C17H14ClFN2O3. The molecule has 2 rings (SSSR count). The minimum atomic E-state index is -0.549. The van der Waals surface area contributed by atoms with Crippen LogP contribution in [0.3, 0.4) is 0 Å². The van der Waals surface area contributed by atoms with E-state index in [4.69, 9.17) is 16.3 Å². The Hall–Kier alpha value is -2.86. The lowest BCUT2D eigenvalue weighted by Gasteiger charge is -2.07. The van der Waals surface area contributed by atoms with E-state index in [-0.39, 0.29) is 6.61 Å². The second-order valence-electron chi connectivity index (χ2n) is 4.66. The lowest BCUT2D eigenvalue weighted by molar-refractivity contribution is -0.128. The Labute approximate surface area is 143 Å². The summed E-state index contributed by atoms with van der Waals surface area (Å²) in [6, 6.07) is 12.1. The number of hydrazine groups is 1. The quantitative estimate of drug-likeness (QED) is 0.645. The van der Waals surface area contributed by atoms with Gasteiger partial charge in [0, 0.05) is 11.1 Å². The monoisotopic (exact) mass is 348 g/mol. The predicted octanol–water partition coefficient (Wildman–Crippen LogP) is 2.72. The summed E-state index contributed by atoms with van der Waals surface area (Å²) in [5, 5.41) is 0.602. The summed E-state index contributed by atoms with van der Waals surface area (Å²) in [6.07, 6.45) is 2.84. The third-order valence-corrected chi connectivity index (χ3v) is 3.06. The van der Waals surface area contributed by atoms with Crippen LogP contribution in [0.1, 0.15) is 5.56 Å². The number of carbonyl (C=O) groups is 2. The highest BCUT2D eigenvalue weighted by Gasteiger charge is 2.04. The first kappa shape index (κ1) is 17.5. The fraction of sp³-hybridized carbons (Fsp3) is 0.0588. The van der Waals surface area contributed by atoms with Gasteiger partial charge >= 0.3 is 0 Å². The molecule has 0 fully saturated rings. The van der Waals surface area contributed by atoms with Crippen LogP contribution in [-0.2, 0) is 9.59 Å². The molecule has 0 spiro atoms. The lowest BCUT2D eigenvalue weighted by atomic mass is 10.2. The second kappa shape index (κ2) is 8.69. The van der Waals surface area contributed by atoms with E-state index in [1.165, 1.54) is 30.3 Å². The summed E-state index contributed by atoms with van der Waals surface area (Å²) in [5.41, 5.74) is 5.21. The first-order chi connectivity index (χ1) is 11.5. The summed E-state index contributed by atoms with van der Waals surface area (Å²) in [5.74, 6) is -1.10. The molecule has 2 N–H and O–H groups in total. The van der Waals surface area contributed by atoms with Crippen molar-refractivity contribution in [1.29, 1.82) is 0 Å². The molecule has 0 aliphatic rings. The van der Waals surface area contributed by atoms with Crippen LogP contribution in [0, 0.1) is 5.82 Å². The molecule has 0 aromatic heterocycles. The fourth-order valence-corrected chi connectivity index (χ4v) is 1.76. The average molecular weight is 349 g/mol. The molecule has 0 atom stereocenters. The molecule has 7 heteroatoms. The van der Waals surface area contributed by atoms with Crippen LogP contribution in [0.25, 0.3) is 6.08 Å². The van der Waals surface area contributed by atoms with Gasteiger partial charge in [-0.2, -0.15) is 0 Å². The standard InChI is InChI=1S/C17H14ClFN2O3/c18-13-4-1-12(2-5-13)3-10-16(22)20-21-17(23)11-24-15-8-6-14(19)7-9-15/h1-10H,11H2,(H,20,22)(H,21,23)/b10-3+.